The topological polar surface area (TPSA) is 61.8 Å². The van der Waals surface area contributed by atoms with Gasteiger partial charge in [-0.1, -0.05) is 44.7 Å². The average Bonchev–Trinajstić information content (AvgIpc) is 2.58. The fourth-order valence-electron chi connectivity index (χ4n) is 2.58. The molecule has 2 rings (SSSR count). The van der Waals surface area contributed by atoms with Gasteiger partial charge in [0, 0.05) is 19.4 Å². The fraction of sp³-hybridized carbons (Fsp3) is 0.455. The van der Waals surface area contributed by atoms with Crippen LogP contribution in [0.15, 0.2) is 36.4 Å². The highest BCUT2D eigenvalue weighted by atomic mass is 16.6. The molecule has 1 aromatic rings. The standard InChI is InChI=1S/C22H26O5/c1-15(23)25-14-21-20(26-16(2)24)13-12-19(27-21)11-8-17-6-9-18(10-7-17)22(3,4)5/h6-7,9-10,12-13,19-21H,14H2,1-5H3/t19-,20-,21-/m1/s1. The van der Waals surface area contributed by atoms with Gasteiger partial charge in [-0.3, -0.25) is 9.59 Å². The van der Waals surface area contributed by atoms with Crippen LogP contribution in [0.1, 0.15) is 45.7 Å². The largest absolute Gasteiger partial charge is 0.463 e. The summed E-state index contributed by atoms with van der Waals surface area (Å²) in [6.07, 6.45) is 1.80. The molecular formula is C22H26O5. The second-order valence-corrected chi connectivity index (χ2v) is 7.45. The summed E-state index contributed by atoms with van der Waals surface area (Å²) >= 11 is 0. The molecule has 0 aromatic heterocycles. The molecule has 0 spiro atoms. The van der Waals surface area contributed by atoms with E-state index < -0.39 is 30.3 Å². The smallest absolute Gasteiger partial charge is 0.303 e. The summed E-state index contributed by atoms with van der Waals surface area (Å²) in [5, 5.41) is 0. The molecule has 5 heteroatoms. The molecule has 1 aliphatic heterocycles. The van der Waals surface area contributed by atoms with E-state index in [4.69, 9.17) is 14.2 Å². The first-order valence-corrected chi connectivity index (χ1v) is 8.91. The maximum absolute atomic E-state index is 11.2. The summed E-state index contributed by atoms with van der Waals surface area (Å²) < 4.78 is 16.0. The fourth-order valence-corrected chi connectivity index (χ4v) is 2.58. The van der Waals surface area contributed by atoms with E-state index in [1.165, 1.54) is 19.4 Å². The van der Waals surface area contributed by atoms with Gasteiger partial charge in [-0.25, -0.2) is 0 Å². The molecule has 27 heavy (non-hydrogen) atoms. The van der Waals surface area contributed by atoms with Crippen molar-refractivity contribution >= 4 is 11.9 Å². The molecule has 144 valence electrons. The normalized spacial score (nSPS) is 21.7. The summed E-state index contributed by atoms with van der Waals surface area (Å²) in [4.78, 5) is 22.3. The van der Waals surface area contributed by atoms with Gasteiger partial charge in [0.05, 0.1) is 0 Å². The highest BCUT2D eigenvalue weighted by Crippen LogP contribution is 2.22. The van der Waals surface area contributed by atoms with Crippen molar-refractivity contribution in [1.29, 1.82) is 0 Å². The van der Waals surface area contributed by atoms with Gasteiger partial charge >= 0.3 is 11.9 Å². The third kappa shape index (κ3) is 6.58. The summed E-state index contributed by atoms with van der Waals surface area (Å²) in [5.74, 6) is 5.29. The van der Waals surface area contributed by atoms with Crippen LogP contribution in [0.4, 0.5) is 0 Å². The van der Waals surface area contributed by atoms with Gasteiger partial charge in [0.25, 0.3) is 0 Å². The number of ether oxygens (including phenoxy) is 3. The van der Waals surface area contributed by atoms with Gasteiger partial charge in [0.2, 0.25) is 0 Å². The lowest BCUT2D eigenvalue weighted by atomic mass is 9.87. The van der Waals surface area contributed by atoms with Crippen LogP contribution in [-0.4, -0.2) is 36.9 Å². The molecule has 0 saturated heterocycles. The van der Waals surface area contributed by atoms with Crippen LogP contribution in [0.5, 0.6) is 0 Å². The van der Waals surface area contributed by atoms with Crippen LogP contribution in [0.25, 0.3) is 0 Å². The first-order valence-electron chi connectivity index (χ1n) is 8.91. The third-order valence-electron chi connectivity index (χ3n) is 4.03. The minimum Gasteiger partial charge on any atom is -0.463 e. The monoisotopic (exact) mass is 370 g/mol. The highest BCUT2D eigenvalue weighted by Gasteiger charge is 2.30. The van der Waals surface area contributed by atoms with Crippen molar-refractivity contribution in [2.75, 3.05) is 6.61 Å². The Morgan fingerprint density at radius 2 is 1.74 bits per heavy atom. The van der Waals surface area contributed by atoms with E-state index in [1.54, 1.807) is 12.2 Å². The number of esters is 2. The second kappa shape index (κ2) is 8.88. The van der Waals surface area contributed by atoms with E-state index in [2.05, 4.69) is 44.7 Å². The van der Waals surface area contributed by atoms with E-state index in [0.717, 1.165) is 5.56 Å². The predicted molar refractivity (Wildman–Crippen MR) is 102 cm³/mol. The molecule has 0 bridgehead atoms. The average molecular weight is 370 g/mol. The Labute approximate surface area is 160 Å². The zero-order chi connectivity index (χ0) is 20.0. The zero-order valence-corrected chi connectivity index (χ0v) is 16.4. The Morgan fingerprint density at radius 1 is 1.07 bits per heavy atom. The maximum Gasteiger partial charge on any atom is 0.303 e. The van der Waals surface area contributed by atoms with Crippen molar-refractivity contribution in [2.45, 2.75) is 58.3 Å². The Balaban J connectivity index is 2.09. The summed E-state index contributed by atoms with van der Waals surface area (Å²) in [6, 6.07) is 8.11. The van der Waals surface area contributed by atoms with Crippen LogP contribution < -0.4 is 0 Å². The van der Waals surface area contributed by atoms with Gasteiger partial charge in [-0.15, -0.1) is 0 Å². The minimum absolute atomic E-state index is 0.00389. The van der Waals surface area contributed by atoms with Crippen LogP contribution in [0.2, 0.25) is 0 Å². The van der Waals surface area contributed by atoms with E-state index >= 15 is 0 Å². The maximum atomic E-state index is 11.2. The third-order valence-corrected chi connectivity index (χ3v) is 4.03. The quantitative estimate of drug-likeness (QED) is 0.465. The molecule has 0 fully saturated rings. The molecule has 0 amide bonds. The Kier molecular flexibility index (Phi) is 6.81. The van der Waals surface area contributed by atoms with Crippen molar-refractivity contribution in [3.05, 3.63) is 47.5 Å². The van der Waals surface area contributed by atoms with Crippen LogP contribution >= 0.6 is 0 Å². The predicted octanol–water partition coefficient (Wildman–Crippen LogP) is 3.15. The van der Waals surface area contributed by atoms with E-state index in [0.29, 0.717) is 0 Å². The number of hydrogen-bond acceptors (Lipinski definition) is 5. The van der Waals surface area contributed by atoms with Crippen LogP contribution in [0.3, 0.4) is 0 Å². The number of carbonyl (C=O) groups is 2. The molecule has 0 saturated carbocycles. The van der Waals surface area contributed by atoms with Crippen LogP contribution in [-0.2, 0) is 29.2 Å². The lowest BCUT2D eigenvalue weighted by Crippen LogP contribution is -2.41. The summed E-state index contributed by atoms with van der Waals surface area (Å²) in [7, 11) is 0. The number of rotatable bonds is 3. The lowest BCUT2D eigenvalue weighted by molar-refractivity contribution is -0.161. The van der Waals surface area contributed by atoms with Gasteiger partial charge in [0.1, 0.15) is 24.9 Å². The summed E-state index contributed by atoms with van der Waals surface area (Å²) in [5.41, 5.74) is 2.22. The molecule has 0 radical (unpaired) electrons. The Morgan fingerprint density at radius 3 is 2.30 bits per heavy atom. The van der Waals surface area contributed by atoms with Crippen molar-refractivity contribution in [3.8, 4) is 11.8 Å². The molecule has 3 atom stereocenters. The molecule has 1 aromatic carbocycles. The molecule has 1 heterocycles. The molecule has 1 aliphatic rings. The van der Waals surface area contributed by atoms with Gasteiger partial charge in [-0.05, 0) is 35.3 Å². The SMILES string of the molecule is CC(=O)OC[C@H]1O[C@H](C#Cc2ccc(C(C)(C)C)cc2)C=C[C@H]1OC(C)=O. The Hall–Kier alpha value is -2.58. The second-order valence-electron chi connectivity index (χ2n) is 7.45. The first-order chi connectivity index (χ1) is 12.6. The lowest BCUT2D eigenvalue weighted by Gasteiger charge is -2.29. The van der Waals surface area contributed by atoms with Crippen molar-refractivity contribution in [2.24, 2.45) is 0 Å². The number of benzene rings is 1. The van der Waals surface area contributed by atoms with Crippen molar-refractivity contribution in [1.82, 2.24) is 0 Å². The zero-order valence-electron chi connectivity index (χ0n) is 16.4. The molecular weight excluding hydrogens is 344 g/mol. The summed E-state index contributed by atoms with van der Waals surface area (Å²) in [6.45, 7) is 9.13. The number of carbonyl (C=O) groups excluding carboxylic acids is 2. The van der Waals surface area contributed by atoms with E-state index in [-0.39, 0.29) is 12.0 Å². The minimum atomic E-state index is -0.606. The Bertz CT molecular complexity index is 759. The van der Waals surface area contributed by atoms with Crippen molar-refractivity contribution in [3.63, 3.8) is 0 Å². The molecule has 0 aliphatic carbocycles. The molecule has 0 unspecified atom stereocenters. The van der Waals surface area contributed by atoms with Crippen molar-refractivity contribution < 1.29 is 23.8 Å². The molecule has 5 nitrogen and oxygen atoms in total. The van der Waals surface area contributed by atoms with Crippen LogP contribution in [0, 0.1) is 11.8 Å². The van der Waals surface area contributed by atoms with Gasteiger partial charge in [0.15, 0.2) is 0 Å². The highest BCUT2D eigenvalue weighted by molar-refractivity contribution is 5.67. The molecule has 0 N–H and O–H groups in total. The van der Waals surface area contributed by atoms with Gasteiger partial charge in [-0.2, -0.15) is 0 Å². The number of hydrogen-bond donors (Lipinski definition) is 0. The first kappa shape index (κ1) is 20.7. The van der Waals surface area contributed by atoms with E-state index in [1.807, 2.05) is 12.1 Å². The van der Waals surface area contributed by atoms with E-state index in [9.17, 15) is 9.59 Å². The van der Waals surface area contributed by atoms with Gasteiger partial charge < -0.3 is 14.2 Å².